The zero-order valence-corrected chi connectivity index (χ0v) is 11.4. The maximum absolute atomic E-state index is 10.1. The first kappa shape index (κ1) is 12.4. The van der Waals surface area contributed by atoms with Crippen LogP contribution in [0.4, 0.5) is 0 Å². The van der Waals surface area contributed by atoms with Crippen LogP contribution in [0.5, 0.6) is 0 Å². The molecule has 0 bridgehead atoms. The highest BCUT2D eigenvalue weighted by Crippen LogP contribution is 2.32. The Labute approximate surface area is 113 Å². The molecule has 0 fully saturated rings. The van der Waals surface area contributed by atoms with E-state index in [0.717, 1.165) is 42.8 Å². The number of hydrogen-bond donors (Lipinski definition) is 1. The molecule has 0 aliphatic heterocycles. The summed E-state index contributed by atoms with van der Waals surface area (Å²) in [6, 6.07) is 2.11. The second kappa shape index (κ2) is 4.78. The molecule has 4 nitrogen and oxygen atoms in total. The fraction of sp³-hybridized carbons (Fsp3) is 0.467. The summed E-state index contributed by atoms with van der Waals surface area (Å²) in [6.45, 7) is 4.77. The van der Waals surface area contributed by atoms with E-state index in [1.54, 1.807) is 6.20 Å². The van der Waals surface area contributed by atoms with Crippen LogP contribution in [-0.4, -0.2) is 19.6 Å². The van der Waals surface area contributed by atoms with Crippen molar-refractivity contribution < 1.29 is 5.11 Å². The molecule has 0 saturated carbocycles. The van der Waals surface area contributed by atoms with Gasteiger partial charge in [0, 0.05) is 23.1 Å². The number of aliphatic hydroxyl groups is 1. The second-order valence-electron chi connectivity index (χ2n) is 5.33. The number of aryl methyl sites for hydroxylation is 2. The Bertz CT molecular complexity index is 586. The Morgan fingerprint density at radius 2 is 2.16 bits per heavy atom. The zero-order chi connectivity index (χ0) is 13.4. The standard InChI is InChI=1S/C15H19N3O/c1-10-7-17-12(8-16-10)9-18-11(2)6-13-14(18)4-3-5-15(13)19/h6-8,15,19H,3-5,9H2,1-2H3. The van der Waals surface area contributed by atoms with E-state index in [4.69, 9.17) is 0 Å². The molecule has 2 heterocycles. The molecule has 1 N–H and O–H groups in total. The van der Waals surface area contributed by atoms with Crippen molar-refractivity contribution in [3.8, 4) is 0 Å². The van der Waals surface area contributed by atoms with Gasteiger partial charge in [0.1, 0.15) is 0 Å². The predicted molar refractivity (Wildman–Crippen MR) is 72.9 cm³/mol. The van der Waals surface area contributed by atoms with E-state index in [9.17, 15) is 5.11 Å². The first-order valence-corrected chi connectivity index (χ1v) is 6.79. The van der Waals surface area contributed by atoms with Gasteiger partial charge in [-0.2, -0.15) is 0 Å². The number of rotatable bonds is 2. The largest absolute Gasteiger partial charge is 0.388 e. The Kier molecular flexibility index (Phi) is 3.11. The van der Waals surface area contributed by atoms with Crippen LogP contribution in [0.15, 0.2) is 18.5 Å². The van der Waals surface area contributed by atoms with Crippen LogP contribution in [0.3, 0.4) is 0 Å². The summed E-state index contributed by atoms with van der Waals surface area (Å²) in [7, 11) is 0. The van der Waals surface area contributed by atoms with Crippen molar-refractivity contribution in [1.29, 1.82) is 0 Å². The smallest absolute Gasteiger partial charge is 0.0807 e. The molecule has 2 aromatic heterocycles. The van der Waals surface area contributed by atoms with Crippen LogP contribution in [0.1, 0.15) is 47.3 Å². The SMILES string of the molecule is Cc1cnc(Cn2c(C)cc3c2CCCC3O)cn1. The predicted octanol–water partition coefficient (Wildman–Crippen LogP) is 2.31. The van der Waals surface area contributed by atoms with Gasteiger partial charge in [0.05, 0.1) is 30.2 Å². The molecule has 1 aliphatic carbocycles. The van der Waals surface area contributed by atoms with Crippen molar-refractivity contribution in [3.05, 3.63) is 46.8 Å². The van der Waals surface area contributed by atoms with E-state index in [1.165, 1.54) is 11.4 Å². The van der Waals surface area contributed by atoms with Crippen LogP contribution in [0, 0.1) is 13.8 Å². The molecule has 0 amide bonds. The molecule has 1 aliphatic rings. The van der Waals surface area contributed by atoms with Gasteiger partial charge in [-0.1, -0.05) is 0 Å². The van der Waals surface area contributed by atoms with Gasteiger partial charge in [0.25, 0.3) is 0 Å². The molecule has 2 aromatic rings. The van der Waals surface area contributed by atoms with Crippen LogP contribution >= 0.6 is 0 Å². The number of hydrogen-bond acceptors (Lipinski definition) is 3. The summed E-state index contributed by atoms with van der Waals surface area (Å²) in [5, 5.41) is 10.1. The molecule has 4 heteroatoms. The summed E-state index contributed by atoms with van der Waals surface area (Å²) in [4.78, 5) is 8.71. The van der Waals surface area contributed by atoms with E-state index < -0.39 is 0 Å². The zero-order valence-electron chi connectivity index (χ0n) is 11.4. The van der Waals surface area contributed by atoms with Crippen LogP contribution in [0.25, 0.3) is 0 Å². The van der Waals surface area contributed by atoms with E-state index >= 15 is 0 Å². The number of aliphatic hydroxyl groups excluding tert-OH is 1. The third kappa shape index (κ3) is 2.28. The van der Waals surface area contributed by atoms with Crippen LogP contribution in [-0.2, 0) is 13.0 Å². The van der Waals surface area contributed by atoms with Crippen molar-refractivity contribution in [3.63, 3.8) is 0 Å². The van der Waals surface area contributed by atoms with Crippen molar-refractivity contribution in [2.75, 3.05) is 0 Å². The quantitative estimate of drug-likeness (QED) is 0.898. The first-order chi connectivity index (χ1) is 9.15. The Hall–Kier alpha value is -1.68. The van der Waals surface area contributed by atoms with Crippen LogP contribution in [0.2, 0.25) is 0 Å². The number of nitrogens with zero attached hydrogens (tertiary/aromatic N) is 3. The highest BCUT2D eigenvalue weighted by Gasteiger charge is 2.23. The Morgan fingerprint density at radius 1 is 1.32 bits per heavy atom. The minimum Gasteiger partial charge on any atom is -0.388 e. The topological polar surface area (TPSA) is 50.9 Å². The minimum absolute atomic E-state index is 0.298. The maximum Gasteiger partial charge on any atom is 0.0807 e. The average Bonchev–Trinajstić information content (AvgIpc) is 2.71. The summed E-state index contributed by atoms with van der Waals surface area (Å²) in [5.74, 6) is 0. The van der Waals surface area contributed by atoms with Gasteiger partial charge in [-0.15, -0.1) is 0 Å². The summed E-state index contributed by atoms with van der Waals surface area (Å²) >= 11 is 0. The van der Waals surface area contributed by atoms with Gasteiger partial charge in [-0.3, -0.25) is 9.97 Å². The summed E-state index contributed by atoms with van der Waals surface area (Å²) < 4.78 is 2.26. The van der Waals surface area contributed by atoms with Crippen LogP contribution < -0.4 is 0 Å². The molecule has 0 saturated heterocycles. The van der Waals surface area contributed by atoms with Gasteiger partial charge < -0.3 is 9.67 Å². The summed E-state index contributed by atoms with van der Waals surface area (Å²) in [5.41, 5.74) is 5.45. The highest BCUT2D eigenvalue weighted by atomic mass is 16.3. The molecule has 0 radical (unpaired) electrons. The van der Waals surface area contributed by atoms with Gasteiger partial charge >= 0.3 is 0 Å². The third-order valence-electron chi connectivity index (χ3n) is 3.85. The normalized spacial score (nSPS) is 18.4. The lowest BCUT2D eigenvalue weighted by Gasteiger charge is -2.20. The average molecular weight is 257 g/mol. The summed E-state index contributed by atoms with van der Waals surface area (Å²) in [6.07, 6.45) is 6.31. The van der Waals surface area contributed by atoms with Crippen molar-refractivity contribution in [2.45, 2.75) is 45.8 Å². The lowest BCUT2D eigenvalue weighted by molar-refractivity contribution is 0.155. The first-order valence-electron chi connectivity index (χ1n) is 6.79. The van der Waals surface area contributed by atoms with Gasteiger partial charge in [-0.25, -0.2) is 0 Å². The molecule has 0 spiro atoms. The molecule has 0 aromatic carbocycles. The lowest BCUT2D eigenvalue weighted by Crippen LogP contribution is -2.13. The molecule has 100 valence electrons. The van der Waals surface area contributed by atoms with Gasteiger partial charge in [-0.05, 0) is 39.2 Å². The fourth-order valence-corrected chi connectivity index (χ4v) is 2.82. The van der Waals surface area contributed by atoms with Crippen molar-refractivity contribution in [2.24, 2.45) is 0 Å². The number of aromatic nitrogens is 3. The van der Waals surface area contributed by atoms with Gasteiger partial charge in [0.15, 0.2) is 0 Å². The molecular formula is C15H19N3O. The minimum atomic E-state index is -0.298. The van der Waals surface area contributed by atoms with Crippen molar-refractivity contribution >= 4 is 0 Å². The molecule has 1 unspecified atom stereocenters. The van der Waals surface area contributed by atoms with Crippen molar-refractivity contribution in [1.82, 2.24) is 14.5 Å². The Balaban J connectivity index is 1.95. The maximum atomic E-state index is 10.1. The monoisotopic (exact) mass is 257 g/mol. The van der Waals surface area contributed by atoms with E-state index in [2.05, 4.69) is 27.5 Å². The molecule has 3 rings (SSSR count). The highest BCUT2D eigenvalue weighted by molar-refractivity contribution is 5.32. The van der Waals surface area contributed by atoms with E-state index in [-0.39, 0.29) is 6.10 Å². The Morgan fingerprint density at radius 3 is 2.89 bits per heavy atom. The molecular weight excluding hydrogens is 238 g/mol. The molecule has 1 atom stereocenters. The number of fused-ring (bicyclic) bond motifs is 1. The van der Waals surface area contributed by atoms with Gasteiger partial charge in [0.2, 0.25) is 0 Å². The van der Waals surface area contributed by atoms with E-state index in [0.29, 0.717) is 0 Å². The fourth-order valence-electron chi connectivity index (χ4n) is 2.82. The van der Waals surface area contributed by atoms with E-state index in [1.807, 2.05) is 13.1 Å². The molecule has 19 heavy (non-hydrogen) atoms. The lowest BCUT2D eigenvalue weighted by atomic mass is 9.95. The third-order valence-corrected chi connectivity index (χ3v) is 3.85. The second-order valence-corrected chi connectivity index (χ2v) is 5.33.